The van der Waals surface area contributed by atoms with Gasteiger partial charge in [0.15, 0.2) is 0 Å². The molecule has 0 spiro atoms. The van der Waals surface area contributed by atoms with Crippen molar-refractivity contribution < 1.29 is 18.0 Å². The minimum atomic E-state index is -4.12. The number of aryl methyl sites for hydroxylation is 1. The van der Waals surface area contributed by atoms with Crippen molar-refractivity contribution in [2.75, 3.05) is 10.8 Å². The molecule has 3 rings (SSSR count). The maximum atomic E-state index is 14.1. The van der Waals surface area contributed by atoms with Gasteiger partial charge in [-0.3, -0.25) is 13.9 Å². The summed E-state index contributed by atoms with van der Waals surface area (Å²) < 4.78 is 28.8. The van der Waals surface area contributed by atoms with E-state index in [1.165, 1.54) is 17.0 Å². The molecule has 0 saturated carbocycles. The number of anilines is 1. The van der Waals surface area contributed by atoms with Crippen LogP contribution in [0.3, 0.4) is 0 Å². The van der Waals surface area contributed by atoms with E-state index in [4.69, 9.17) is 23.2 Å². The van der Waals surface area contributed by atoms with E-state index in [0.717, 1.165) is 9.87 Å². The van der Waals surface area contributed by atoms with Crippen LogP contribution in [0, 0.1) is 6.92 Å². The van der Waals surface area contributed by atoms with Crippen molar-refractivity contribution in [3.63, 3.8) is 0 Å². The van der Waals surface area contributed by atoms with Crippen molar-refractivity contribution in [1.29, 1.82) is 0 Å². The molecule has 10 heteroatoms. The van der Waals surface area contributed by atoms with Gasteiger partial charge in [0.05, 0.1) is 20.6 Å². The number of hydrogen-bond donors (Lipinski definition) is 1. The third-order valence-electron chi connectivity index (χ3n) is 6.12. The van der Waals surface area contributed by atoms with Crippen LogP contribution in [0.5, 0.6) is 0 Å². The van der Waals surface area contributed by atoms with Crippen LogP contribution in [0.25, 0.3) is 0 Å². The van der Waals surface area contributed by atoms with Crippen LogP contribution >= 0.6 is 23.2 Å². The average Bonchev–Trinajstić information content (AvgIpc) is 2.88. The fourth-order valence-electron chi connectivity index (χ4n) is 4.24. The molecule has 0 heterocycles. The molecule has 0 aliphatic rings. The second-order valence-corrected chi connectivity index (χ2v) is 13.3. The van der Waals surface area contributed by atoms with Crippen molar-refractivity contribution in [2.45, 2.75) is 64.1 Å². The minimum absolute atomic E-state index is 0.0266. The van der Waals surface area contributed by atoms with Gasteiger partial charge in [-0.1, -0.05) is 66.5 Å². The molecule has 0 radical (unpaired) electrons. The number of carbonyl (C=O) groups is 2. The van der Waals surface area contributed by atoms with Gasteiger partial charge < -0.3 is 10.2 Å². The summed E-state index contributed by atoms with van der Waals surface area (Å²) in [7, 11) is -4.12. The first kappa shape index (κ1) is 31.5. The maximum absolute atomic E-state index is 14.1. The van der Waals surface area contributed by atoms with Crippen molar-refractivity contribution in [1.82, 2.24) is 10.2 Å². The Morgan fingerprint density at radius 2 is 1.60 bits per heavy atom. The molecule has 3 aromatic rings. The van der Waals surface area contributed by atoms with Gasteiger partial charge in [0.1, 0.15) is 12.6 Å². The van der Waals surface area contributed by atoms with Crippen molar-refractivity contribution in [3.05, 3.63) is 94.0 Å². The largest absolute Gasteiger partial charge is 0.350 e. The first-order valence-electron chi connectivity index (χ1n) is 12.9. The summed E-state index contributed by atoms with van der Waals surface area (Å²) in [5.41, 5.74) is 1.30. The van der Waals surface area contributed by atoms with E-state index in [0.29, 0.717) is 27.7 Å². The predicted molar refractivity (Wildman–Crippen MR) is 161 cm³/mol. The van der Waals surface area contributed by atoms with E-state index in [1.54, 1.807) is 61.5 Å². The molecule has 40 heavy (non-hydrogen) atoms. The Balaban J connectivity index is 2.08. The molecule has 0 saturated heterocycles. The van der Waals surface area contributed by atoms with Gasteiger partial charge in [0.25, 0.3) is 10.0 Å². The van der Waals surface area contributed by atoms with E-state index in [9.17, 15) is 18.0 Å². The Morgan fingerprint density at radius 1 is 0.925 bits per heavy atom. The highest BCUT2D eigenvalue weighted by molar-refractivity contribution is 7.92. The lowest BCUT2D eigenvalue weighted by atomic mass is 10.1. The monoisotopic (exact) mass is 603 g/mol. The van der Waals surface area contributed by atoms with Gasteiger partial charge in [-0.05, 0) is 81.6 Å². The molecule has 0 fully saturated rings. The number of rotatable bonds is 10. The molecule has 7 nitrogen and oxygen atoms in total. The van der Waals surface area contributed by atoms with E-state index in [2.05, 4.69) is 5.32 Å². The quantitative estimate of drug-likeness (QED) is 0.298. The second kappa shape index (κ2) is 13.1. The standard InChI is InChI=1S/C30H35Cl2N3O4S/c1-6-27(29(37)33-30(3,4)5)34(19-22-15-16-25(31)26(32)18-22)28(36)20-35(23-12-10-11-21(2)17-23)40(38,39)24-13-8-7-9-14-24/h7-18,27H,6,19-20H2,1-5H3,(H,33,37). The van der Waals surface area contributed by atoms with Crippen molar-refractivity contribution in [2.24, 2.45) is 0 Å². The Bertz CT molecular complexity index is 1460. The van der Waals surface area contributed by atoms with Gasteiger partial charge in [0.2, 0.25) is 11.8 Å². The first-order valence-corrected chi connectivity index (χ1v) is 15.1. The SMILES string of the molecule is CCC(C(=O)NC(C)(C)C)N(Cc1ccc(Cl)c(Cl)c1)C(=O)CN(c1cccc(C)c1)S(=O)(=O)c1ccccc1. The molecule has 1 atom stereocenters. The number of amides is 2. The summed E-state index contributed by atoms with van der Waals surface area (Å²) in [4.78, 5) is 28.9. The van der Waals surface area contributed by atoms with Crippen molar-refractivity contribution >= 4 is 50.7 Å². The summed E-state index contributed by atoms with van der Waals surface area (Å²) in [5, 5.41) is 3.62. The molecular formula is C30H35Cl2N3O4S. The summed E-state index contributed by atoms with van der Waals surface area (Å²) >= 11 is 12.3. The third kappa shape index (κ3) is 7.99. The van der Waals surface area contributed by atoms with Crippen LogP contribution in [0.1, 0.15) is 45.2 Å². The second-order valence-electron chi connectivity index (χ2n) is 10.6. The highest BCUT2D eigenvalue weighted by Gasteiger charge is 2.34. The first-order chi connectivity index (χ1) is 18.7. The fourth-order valence-corrected chi connectivity index (χ4v) is 5.99. The summed E-state index contributed by atoms with van der Waals surface area (Å²) in [6.07, 6.45) is 0.310. The number of nitrogens with zero attached hydrogens (tertiary/aromatic N) is 2. The van der Waals surface area contributed by atoms with E-state index < -0.39 is 34.1 Å². The summed E-state index contributed by atoms with van der Waals surface area (Å²) in [6, 6.07) is 19.0. The number of halogens is 2. The zero-order chi connectivity index (χ0) is 29.7. The molecule has 2 amide bonds. The highest BCUT2D eigenvalue weighted by Crippen LogP contribution is 2.27. The molecule has 0 bridgehead atoms. The lowest BCUT2D eigenvalue weighted by Gasteiger charge is -2.35. The third-order valence-corrected chi connectivity index (χ3v) is 8.65. The predicted octanol–water partition coefficient (Wildman–Crippen LogP) is 6.22. The van der Waals surface area contributed by atoms with Gasteiger partial charge in [-0.25, -0.2) is 8.42 Å². The molecular weight excluding hydrogens is 569 g/mol. The van der Waals surface area contributed by atoms with E-state index >= 15 is 0 Å². The molecule has 214 valence electrons. The van der Waals surface area contributed by atoms with Crippen molar-refractivity contribution in [3.8, 4) is 0 Å². The molecule has 0 aliphatic heterocycles. The fraction of sp³-hybridized carbons (Fsp3) is 0.333. The van der Waals surface area contributed by atoms with Crippen LogP contribution in [-0.4, -0.2) is 43.3 Å². The number of nitrogens with one attached hydrogen (secondary N) is 1. The smallest absolute Gasteiger partial charge is 0.264 e. The number of carbonyl (C=O) groups excluding carboxylic acids is 2. The van der Waals surface area contributed by atoms with Gasteiger partial charge in [0, 0.05) is 12.1 Å². The summed E-state index contributed by atoms with van der Waals surface area (Å²) in [5.74, 6) is -0.876. The van der Waals surface area contributed by atoms with E-state index in [1.807, 2.05) is 33.8 Å². The zero-order valence-electron chi connectivity index (χ0n) is 23.3. The Labute approximate surface area is 247 Å². The highest BCUT2D eigenvalue weighted by atomic mass is 35.5. The normalized spacial score (nSPS) is 12.5. The lowest BCUT2D eigenvalue weighted by molar-refractivity contribution is -0.141. The lowest BCUT2D eigenvalue weighted by Crippen LogP contribution is -2.55. The summed E-state index contributed by atoms with van der Waals surface area (Å²) in [6.45, 7) is 8.73. The van der Waals surface area contributed by atoms with Crippen LogP contribution in [0.2, 0.25) is 10.0 Å². The maximum Gasteiger partial charge on any atom is 0.264 e. The van der Waals surface area contributed by atoms with Crippen LogP contribution in [-0.2, 0) is 26.2 Å². The molecule has 1 N–H and O–H groups in total. The molecule has 1 unspecified atom stereocenters. The van der Waals surface area contributed by atoms with Crippen LogP contribution in [0.15, 0.2) is 77.7 Å². The molecule has 0 aromatic heterocycles. The van der Waals surface area contributed by atoms with Crippen LogP contribution < -0.4 is 9.62 Å². The van der Waals surface area contributed by atoms with Gasteiger partial charge in [-0.15, -0.1) is 0 Å². The van der Waals surface area contributed by atoms with Gasteiger partial charge >= 0.3 is 0 Å². The number of benzene rings is 3. The van der Waals surface area contributed by atoms with Gasteiger partial charge in [-0.2, -0.15) is 0 Å². The van der Waals surface area contributed by atoms with E-state index in [-0.39, 0.29) is 17.3 Å². The zero-order valence-corrected chi connectivity index (χ0v) is 25.6. The Hall–Kier alpha value is -3.07. The Kier molecular flexibility index (Phi) is 10.3. The molecule has 3 aromatic carbocycles. The minimum Gasteiger partial charge on any atom is -0.350 e. The topological polar surface area (TPSA) is 86.8 Å². The average molecular weight is 605 g/mol. The number of sulfonamides is 1. The number of hydrogen-bond acceptors (Lipinski definition) is 4. The Morgan fingerprint density at radius 3 is 2.17 bits per heavy atom. The molecule has 0 aliphatic carbocycles. The van der Waals surface area contributed by atoms with Crippen LogP contribution in [0.4, 0.5) is 5.69 Å².